The van der Waals surface area contributed by atoms with E-state index in [0.29, 0.717) is 23.1 Å². The van der Waals surface area contributed by atoms with Gasteiger partial charge in [-0.1, -0.05) is 13.3 Å². The van der Waals surface area contributed by atoms with Gasteiger partial charge in [0.15, 0.2) is 0 Å². The number of phenolic OH excluding ortho intramolecular Hbond substituents is 1. The Bertz CT molecular complexity index is 1290. The van der Waals surface area contributed by atoms with Crippen LogP contribution in [0.25, 0.3) is 11.0 Å². The van der Waals surface area contributed by atoms with E-state index in [0.717, 1.165) is 12.8 Å². The Morgan fingerprint density at radius 2 is 2.03 bits per heavy atom. The molecule has 4 N–H and O–H groups in total. The predicted octanol–water partition coefficient (Wildman–Crippen LogP) is 1.69. The summed E-state index contributed by atoms with van der Waals surface area (Å²) >= 11 is 0. The van der Waals surface area contributed by atoms with Crippen molar-refractivity contribution in [1.29, 1.82) is 0 Å². The number of H-pyrrole nitrogens is 1. The minimum Gasteiger partial charge on any atom is -0.508 e. The number of nitrogen functional groups attached to an aromatic ring is 1. The van der Waals surface area contributed by atoms with Crippen LogP contribution in [0.3, 0.4) is 0 Å². The average Bonchev–Trinajstić information content (AvgIpc) is 2.74. The summed E-state index contributed by atoms with van der Waals surface area (Å²) in [4.78, 5) is 41.3. The maximum atomic E-state index is 12.8. The van der Waals surface area contributed by atoms with Gasteiger partial charge in [-0.2, -0.15) is 0 Å². The number of fused-ring (bicyclic) bond motifs is 1. The fourth-order valence-corrected chi connectivity index (χ4v) is 3.64. The second-order valence-electron chi connectivity index (χ2n) is 7.59. The molecule has 3 aromatic rings. The molecule has 10 heteroatoms. The number of nitrogens with two attached hydrogens (primary N) is 1. The average molecular weight is 444 g/mol. The molecule has 0 amide bonds. The number of phenols is 1. The molecule has 2 heterocycles. The number of ether oxygens (including phenoxy) is 1. The van der Waals surface area contributed by atoms with E-state index >= 15 is 0 Å². The number of rotatable bonds is 9. The Morgan fingerprint density at radius 3 is 2.72 bits per heavy atom. The monoisotopic (exact) mass is 444 g/mol. The van der Waals surface area contributed by atoms with Crippen LogP contribution in [0.5, 0.6) is 5.75 Å². The van der Waals surface area contributed by atoms with Gasteiger partial charge in [0, 0.05) is 43.8 Å². The largest absolute Gasteiger partial charge is 0.508 e. The van der Waals surface area contributed by atoms with Crippen molar-refractivity contribution in [3.8, 4) is 5.75 Å². The van der Waals surface area contributed by atoms with Gasteiger partial charge in [0.2, 0.25) is 0 Å². The van der Waals surface area contributed by atoms with Gasteiger partial charge in [-0.15, -0.1) is 0 Å². The molecule has 2 aromatic heterocycles. The summed E-state index contributed by atoms with van der Waals surface area (Å²) in [6.45, 7) is 4.72. The number of anilines is 2. The fourth-order valence-electron chi connectivity index (χ4n) is 3.64. The smallest absolute Gasteiger partial charge is 0.336 e. The SMILES string of the molecule is CCCCn1c(N)c(N(CCOC)Cc2cc(=O)oc3c(C)c(O)ccc23)c(=O)[nH]c1=O. The number of methoxy groups -OCH3 is 1. The molecule has 3 rings (SSSR count). The van der Waals surface area contributed by atoms with Crippen LogP contribution in [0.15, 0.2) is 37.0 Å². The van der Waals surface area contributed by atoms with Crippen molar-refractivity contribution < 1.29 is 14.3 Å². The van der Waals surface area contributed by atoms with Crippen molar-refractivity contribution in [2.24, 2.45) is 0 Å². The number of unbranched alkanes of at least 4 members (excludes halogenated alkanes) is 1. The first-order valence-electron chi connectivity index (χ1n) is 10.4. The van der Waals surface area contributed by atoms with E-state index in [9.17, 15) is 19.5 Å². The first-order valence-corrected chi connectivity index (χ1v) is 10.4. The molecular weight excluding hydrogens is 416 g/mol. The molecule has 0 saturated heterocycles. The van der Waals surface area contributed by atoms with Crippen molar-refractivity contribution in [3.05, 3.63) is 60.6 Å². The van der Waals surface area contributed by atoms with E-state index in [2.05, 4.69) is 4.98 Å². The maximum Gasteiger partial charge on any atom is 0.336 e. The molecule has 32 heavy (non-hydrogen) atoms. The first-order chi connectivity index (χ1) is 15.3. The van der Waals surface area contributed by atoms with E-state index < -0.39 is 16.9 Å². The third-order valence-corrected chi connectivity index (χ3v) is 5.41. The lowest BCUT2D eigenvalue weighted by molar-refractivity contribution is 0.205. The van der Waals surface area contributed by atoms with Crippen molar-refractivity contribution in [2.45, 2.75) is 39.8 Å². The van der Waals surface area contributed by atoms with Gasteiger partial charge in [-0.05, 0) is 31.0 Å². The second kappa shape index (κ2) is 9.73. The van der Waals surface area contributed by atoms with Gasteiger partial charge in [0.05, 0.1) is 6.61 Å². The van der Waals surface area contributed by atoms with Crippen LogP contribution < -0.4 is 27.5 Å². The Labute approximate surface area is 183 Å². The zero-order valence-electron chi connectivity index (χ0n) is 18.4. The number of hydrogen-bond donors (Lipinski definition) is 3. The summed E-state index contributed by atoms with van der Waals surface area (Å²) in [5.41, 5.74) is 5.96. The summed E-state index contributed by atoms with van der Waals surface area (Å²) in [6, 6.07) is 4.52. The number of hydrogen-bond acceptors (Lipinski definition) is 8. The van der Waals surface area contributed by atoms with Gasteiger partial charge < -0.3 is 24.9 Å². The zero-order valence-corrected chi connectivity index (χ0v) is 18.4. The van der Waals surface area contributed by atoms with E-state index in [1.807, 2.05) is 6.92 Å². The standard InChI is InChI=1S/C22H28N4O6/c1-4-5-8-26-20(23)18(21(29)24-22(26)30)25(9-10-31-3)12-14-11-17(28)32-19-13(2)16(27)7-6-15(14)19/h6-7,11,27H,4-5,8-10,12,23H2,1-3H3,(H,24,29,30). The Balaban J connectivity index is 2.16. The fraction of sp³-hybridized carbons (Fsp3) is 0.409. The van der Waals surface area contributed by atoms with Gasteiger partial charge in [-0.3, -0.25) is 14.3 Å². The topological polar surface area (TPSA) is 144 Å². The molecule has 0 atom stereocenters. The summed E-state index contributed by atoms with van der Waals surface area (Å²) in [5, 5.41) is 10.6. The van der Waals surface area contributed by atoms with Crippen molar-refractivity contribution in [1.82, 2.24) is 9.55 Å². The number of nitrogens with one attached hydrogen (secondary N) is 1. The third-order valence-electron chi connectivity index (χ3n) is 5.41. The lowest BCUT2D eigenvalue weighted by atomic mass is 10.1. The van der Waals surface area contributed by atoms with E-state index in [1.54, 1.807) is 17.9 Å². The molecular formula is C22H28N4O6. The molecule has 10 nitrogen and oxygen atoms in total. The van der Waals surface area contributed by atoms with Crippen LogP contribution in [-0.2, 0) is 17.8 Å². The molecule has 0 bridgehead atoms. The van der Waals surface area contributed by atoms with Crippen LogP contribution in [0.1, 0.15) is 30.9 Å². The highest BCUT2D eigenvalue weighted by Gasteiger charge is 2.21. The highest BCUT2D eigenvalue weighted by atomic mass is 16.5. The Kier molecular flexibility index (Phi) is 7.04. The van der Waals surface area contributed by atoms with Crippen LogP contribution in [0, 0.1) is 6.92 Å². The van der Waals surface area contributed by atoms with Crippen molar-refractivity contribution in [3.63, 3.8) is 0 Å². The molecule has 0 radical (unpaired) electrons. The molecule has 0 aliphatic heterocycles. The van der Waals surface area contributed by atoms with Crippen LogP contribution >= 0.6 is 0 Å². The highest BCUT2D eigenvalue weighted by molar-refractivity contribution is 5.85. The van der Waals surface area contributed by atoms with Gasteiger partial charge >= 0.3 is 11.3 Å². The molecule has 172 valence electrons. The van der Waals surface area contributed by atoms with Crippen LogP contribution in [0.2, 0.25) is 0 Å². The van der Waals surface area contributed by atoms with Crippen LogP contribution in [0.4, 0.5) is 11.5 Å². The van der Waals surface area contributed by atoms with Crippen LogP contribution in [-0.4, -0.2) is 34.9 Å². The maximum absolute atomic E-state index is 12.8. The lowest BCUT2D eigenvalue weighted by Crippen LogP contribution is -2.39. The Morgan fingerprint density at radius 1 is 1.28 bits per heavy atom. The van der Waals surface area contributed by atoms with Crippen molar-refractivity contribution >= 4 is 22.5 Å². The summed E-state index contributed by atoms with van der Waals surface area (Å²) < 4.78 is 11.9. The second-order valence-corrected chi connectivity index (χ2v) is 7.59. The van der Waals surface area contributed by atoms with E-state index in [4.69, 9.17) is 14.9 Å². The number of benzene rings is 1. The normalized spacial score (nSPS) is 11.2. The molecule has 0 unspecified atom stereocenters. The molecule has 0 spiro atoms. The molecule has 0 aliphatic carbocycles. The number of aromatic hydroxyl groups is 1. The minimum absolute atomic E-state index is 0.0118. The Hall–Kier alpha value is -3.53. The summed E-state index contributed by atoms with van der Waals surface area (Å²) in [7, 11) is 1.53. The van der Waals surface area contributed by atoms with Gasteiger partial charge in [0.25, 0.3) is 5.56 Å². The molecule has 0 fully saturated rings. The van der Waals surface area contributed by atoms with Crippen molar-refractivity contribution in [2.75, 3.05) is 30.9 Å². The molecule has 0 aliphatic rings. The van der Waals surface area contributed by atoms with Gasteiger partial charge in [0.1, 0.15) is 22.8 Å². The zero-order chi connectivity index (χ0) is 23.4. The number of aromatic amines is 1. The van der Waals surface area contributed by atoms with E-state index in [-0.39, 0.29) is 42.5 Å². The summed E-state index contributed by atoms with van der Waals surface area (Å²) in [6.07, 6.45) is 1.58. The lowest BCUT2D eigenvalue weighted by Gasteiger charge is -2.26. The highest BCUT2D eigenvalue weighted by Crippen LogP contribution is 2.29. The number of aromatic nitrogens is 2. The number of nitrogens with zero attached hydrogens (tertiary/aromatic N) is 2. The number of aryl methyl sites for hydroxylation is 1. The third kappa shape index (κ3) is 4.54. The van der Waals surface area contributed by atoms with Gasteiger partial charge in [-0.25, -0.2) is 9.59 Å². The molecule has 1 aromatic carbocycles. The minimum atomic E-state index is -0.613. The summed E-state index contributed by atoms with van der Waals surface area (Å²) in [5.74, 6) is 0.0714. The first kappa shape index (κ1) is 23.1. The van der Waals surface area contributed by atoms with E-state index in [1.165, 1.54) is 23.8 Å². The molecule has 0 saturated carbocycles. The quantitative estimate of drug-likeness (QED) is 0.423. The predicted molar refractivity (Wildman–Crippen MR) is 122 cm³/mol.